The van der Waals surface area contributed by atoms with Gasteiger partial charge in [-0.3, -0.25) is 13.9 Å². The summed E-state index contributed by atoms with van der Waals surface area (Å²) in [5.74, 6) is -1.75. The summed E-state index contributed by atoms with van der Waals surface area (Å²) in [5.41, 5.74) is 2.42. The van der Waals surface area contributed by atoms with E-state index in [1.54, 1.807) is 6.92 Å². The van der Waals surface area contributed by atoms with E-state index in [1.165, 1.54) is 23.1 Å². The topological polar surface area (TPSA) is 86.8 Å². The Kier molecular flexibility index (Phi) is 9.41. The number of sulfonamides is 1. The molecule has 0 heterocycles. The van der Waals surface area contributed by atoms with Crippen molar-refractivity contribution in [1.82, 2.24) is 10.2 Å². The molecule has 0 aliphatic carbocycles. The molecule has 0 fully saturated rings. The molecule has 0 saturated heterocycles. The molecule has 3 aromatic carbocycles. The van der Waals surface area contributed by atoms with Crippen LogP contribution in [0.15, 0.2) is 78.9 Å². The number of benzene rings is 3. The first kappa shape index (κ1) is 27.9. The van der Waals surface area contributed by atoms with Gasteiger partial charge in [0.05, 0.1) is 11.9 Å². The van der Waals surface area contributed by atoms with Gasteiger partial charge in [-0.25, -0.2) is 12.8 Å². The van der Waals surface area contributed by atoms with Gasteiger partial charge in [0, 0.05) is 19.5 Å². The van der Waals surface area contributed by atoms with Crippen LogP contribution in [0.2, 0.25) is 0 Å². The zero-order valence-electron chi connectivity index (χ0n) is 21.2. The van der Waals surface area contributed by atoms with Gasteiger partial charge in [-0.15, -0.1) is 0 Å². The zero-order chi connectivity index (χ0) is 27.0. The van der Waals surface area contributed by atoms with Crippen LogP contribution in [0.25, 0.3) is 0 Å². The predicted molar refractivity (Wildman–Crippen MR) is 143 cm³/mol. The zero-order valence-corrected chi connectivity index (χ0v) is 22.0. The molecule has 196 valence electrons. The molecule has 2 amide bonds. The van der Waals surface area contributed by atoms with Crippen molar-refractivity contribution in [2.75, 3.05) is 23.7 Å². The second-order valence-corrected chi connectivity index (χ2v) is 10.7. The summed E-state index contributed by atoms with van der Waals surface area (Å²) in [6.45, 7) is 3.51. The van der Waals surface area contributed by atoms with Crippen LogP contribution in [0.1, 0.15) is 23.6 Å². The lowest BCUT2D eigenvalue weighted by Crippen LogP contribution is -2.53. The van der Waals surface area contributed by atoms with E-state index in [1.807, 2.05) is 61.5 Å². The van der Waals surface area contributed by atoms with E-state index >= 15 is 0 Å². The minimum absolute atomic E-state index is 0.0720. The van der Waals surface area contributed by atoms with Gasteiger partial charge in [-0.1, -0.05) is 72.3 Å². The van der Waals surface area contributed by atoms with E-state index in [0.29, 0.717) is 6.54 Å². The predicted octanol–water partition coefficient (Wildman–Crippen LogP) is 3.68. The summed E-state index contributed by atoms with van der Waals surface area (Å²) in [5, 5.41) is 2.80. The number of carbonyl (C=O) groups is 2. The minimum Gasteiger partial charge on any atom is -0.355 e. The van der Waals surface area contributed by atoms with E-state index in [4.69, 9.17) is 0 Å². The molecule has 0 spiro atoms. The van der Waals surface area contributed by atoms with Crippen molar-refractivity contribution in [1.29, 1.82) is 0 Å². The van der Waals surface area contributed by atoms with Gasteiger partial charge in [0.25, 0.3) is 0 Å². The first-order valence-electron chi connectivity index (χ1n) is 12.0. The highest BCUT2D eigenvalue weighted by Crippen LogP contribution is 2.23. The highest BCUT2D eigenvalue weighted by atomic mass is 32.2. The number of hydrogen-bond donors (Lipinski definition) is 1. The summed E-state index contributed by atoms with van der Waals surface area (Å²) < 4.78 is 40.6. The molecule has 0 aromatic heterocycles. The fraction of sp³-hybridized carbons (Fsp3) is 0.286. The molecule has 7 nitrogen and oxygen atoms in total. The lowest BCUT2D eigenvalue weighted by molar-refractivity contribution is -0.140. The van der Waals surface area contributed by atoms with Gasteiger partial charge in [0.1, 0.15) is 18.4 Å². The van der Waals surface area contributed by atoms with Crippen molar-refractivity contribution < 1.29 is 22.4 Å². The Morgan fingerprint density at radius 3 is 2.14 bits per heavy atom. The molecule has 0 bridgehead atoms. The lowest BCUT2D eigenvalue weighted by Gasteiger charge is -2.33. The number of nitrogens with zero attached hydrogens (tertiary/aromatic N) is 2. The third-order valence-corrected chi connectivity index (χ3v) is 7.02. The fourth-order valence-electron chi connectivity index (χ4n) is 3.98. The van der Waals surface area contributed by atoms with Crippen LogP contribution in [0, 0.1) is 12.7 Å². The second-order valence-electron chi connectivity index (χ2n) is 8.83. The Hall–Kier alpha value is -3.72. The SMILES string of the molecule is CCNC(=O)[C@H](Cc1ccccc1)N(Cc1ccc(C)cc1)C(=O)CN(c1ccccc1F)S(C)(=O)=O. The molecule has 3 aromatic rings. The third kappa shape index (κ3) is 7.63. The van der Waals surface area contributed by atoms with Crippen molar-refractivity contribution in [2.45, 2.75) is 32.9 Å². The van der Waals surface area contributed by atoms with Crippen molar-refractivity contribution in [3.63, 3.8) is 0 Å². The second kappa shape index (κ2) is 12.5. The molecule has 1 atom stereocenters. The normalized spacial score (nSPS) is 12.0. The van der Waals surface area contributed by atoms with Crippen molar-refractivity contribution in [2.24, 2.45) is 0 Å². The van der Waals surface area contributed by atoms with E-state index in [9.17, 15) is 22.4 Å². The monoisotopic (exact) mass is 525 g/mol. The van der Waals surface area contributed by atoms with Crippen molar-refractivity contribution in [3.8, 4) is 0 Å². The molecule has 1 N–H and O–H groups in total. The third-order valence-electron chi connectivity index (χ3n) is 5.90. The molecular weight excluding hydrogens is 493 g/mol. The average molecular weight is 526 g/mol. The minimum atomic E-state index is -4.02. The van der Waals surface area contributed by atoms with E-state index in [-0.39, 0.29) is 24.6 Å². The van der Waals surface area contributed by atoms with Crippen LogP contribution in [-0.2, 0) is 32.6 Å². The average Bonchev–Trinajstić information content (AvgIpc) is 2.86. The Morgan fingerprint density at radius 2 is 1.54 bits per heavy atom. The lowest BCUT2D eigenvalue weighted by atomic mass is 10.0. The van der Waals surface area contributed by atoms with Crippen LogP contribution in [0.4, 0.5) is 10.1 Å². The molecular formula is C28H32FN3O4S. The maximum Gasteiger partial charge on any atom is 0.244 e. The number of likely N-dealkylation sites (N-methyl/N-ethyl adjacent to an activating group) is 1. The molecule has 0 aliphatic rings. The van der Waals surface area contributed by atoms with Crippen LogP contribution in [-0.4, -0.2) is 50.5 Å². The van der Waals surface area contributed by atoms with E-state index in [2.05, 4.69) is 5.32 Å². The first-order valence-corrected chi connectivity index (χ1v) is 13.8. The number of hydrogen-bond acceptors (Lipinski definition) is 4. The smallest absolute Gasteiger partial charge is 0.244 e. The molecule has 3 rings (SSSR count). The number of para-hydroxylation sites is 1. The van der Waals surface area contributed by atoms with Crippen molar-refractivity contribution in [3.05, 3.63) is 101 Å². The number of anilines is 1. The highest BCUT2D eigenvalue weighted by molar-refractivity contribution is 7.92. The molecule has 9 heteroatoms. The van der Waals surface area contributed by atoms with Crippen LogP contribution in [0.3, 0.4) is 0 Å². The Labute approximate surface area is 218 Å². The molecule has 0 unspecified atom stereocenters. The van der Waals surface area contributed by atoms with Gasteiger partial charge in [0.2, 0.25) is 21.8 Å². The summed E-state index contributed by atoms with van der Waals surface area (Å²) in [4.78, 5) is 28.4. The van der Waals surface area contributed by atoms with Gasteiger partial charge >= 0.3 is 0 Å². The molecule has 0 radical (unpaired) electrons. The molecule has 37 heavy (non-hydrogen) atoms. The maximum atomic E-state index is 14.6. The number of carbonyl (C=O) groups excluding carboxylic acids is 2. The van der Waals surface area contributed by atoms with Crippen molar-refractivity contribution >= 4 is 27.5 Å². The highest BCUT2D eigenvalue weighted by Gasteiger charge is 2.33. The Morgan fingerprint density at radius 1 is 0.919 bits per heavy atom. The number of halogens is 1. The maximum absolute atomic E-state index is 14.6. The Bertz CT molecular complexity index is 1310. The van der Waals surface area contributed by atoms with Crippen LogP contribution in [0.5, 0.6) is 0 Å². The number of amides is 2. The van der Waals surface area contributed by atoms with Crippen LogP contribution >= 0.6 is 0 Å². The van der Waals surface area contributed by atoms with Crippen LogP contribution < -0.4 is 9.62 Å². The Balaban J connectivity index is 2.04. The number of nitrogens with one attached hydrogen (secondary N) is 1. The fourth-order valence-corrected chi connectivity index (χ4v) is 4.84. The number of aryl methyl sites for hydroxylation is 1. The quantitative estimate of drug-likeness (QED) is 0.414. The largest absolute Gasteiger partial charge is 0.355 e. The summed E-state index contributed by atoms with van der Waals surface area (Å²) in [6.07, 6.45) is 1.14. The molecule has 0 saturated carbocycles. The van der Waals surface area contributed by atoms with E-state index < -0.39 is 34.3 Å². The summed E-state index contributed by atoms with van der Waals surface area (Å²) >= 11 is 0. The standard InChI is InChI=1S/C28H32FN3O4S/c1-4-30-28(34)26(18-22-10-6-5-7-11-22)31(19-23-16-14-21(2)15-17-23)27(33)20-32(37(3,35)36)25-13-9-8-12-24(25)29/h5-17,26H,4,18-20H2,1-3H3,(H,30,34)/t26-/m0/s1. The van der Waals surface area contributed by atoms with Gasteiger partial charge in [-0.05, 0) is 37.1 Å². The van der Waals surface area contributed by atoms with Gasteiger partial charge in [0.15, 0.2) is 0 Å². The summed E-state index contributed by atoms with van der Waals surface area (Å²) in [7, 11) is -4.02. The van der Waals surface area contributed by atoms with Gasteiger partial charge in [-0.2, -0.15) is 0 Å². The number of rotatable bonds is 11. The summed E-state index contributed by atoms with van der Waals surface area (Å²) in [6, 6.07) is 21.3. The van der Waals surface area contributed by atoms with Gasteiger partial charge < -0.3 is 10.2 Å². The first-order chi connectivity index (χ1) is 17.6. The van der Waals surface area contributed by atoms with E-state index in [0.717, 1.165) is 33.3 Å². The molecule has 0 aliphatic heterocycles.